The lowest BCUT2D eigenvalue weighted by Gasteiger charge is -2.34. The number of carbonyl (C=O) groups is 1. The SMILES string of the molecule is COc1ccc(CN2CCN(C(=O)c3cccc(OC(F)F)c3)CC2)cc1F. The first-order valence-corrected chi connectivity index (χ1v) is 8.85. The molecule has 0 spiro atoms. The van der Waals surface area contributed by atoms with Crippen LogP contribution < -0.4 is 9.47 Å². The van der Waals surface area contributed by atoms with E-state index >= 15 is 0 Å². The number of nitrogens with zero attached hydrogens (tertiary/aromatic N) is 2. The van der Waals surface area contributed by atoms with Crippen LogP contribution in [-0.2, 0) is 6.54 Å². The average molecular weight is 394 g/mol. The Kier molecular flexibility index (Phi) is 6.41. The van der Waals surface area contributed by atoms with Crippen molar-refractivity contribution in [3.63, 3.8) is 0 Å². The van der Waals surface area contributed by atoms with Crippen molar-refractivity contribution in [1.29, 1.82) is 0 Å². The Labute approximate surface area is 161 Å². The van der Waals surface area contributed by atoms with E-state index in [4.69, 9.17) is 4.74 Å². The van der Waals surface area contributed by atoms with Gasteiger partial charge in [-0.1, -0.05) is 12.1 Å². The van der Waals surface area contributed by atoms with Crippen LogP contribution in [0.2, 0.25) is 0 Å². The van der Waals surface area contributed by atoms with Gasteiger partial charge in [0.1, 0.15) is 5.75 Å². The topological polar surface area (TPSA) is 42.0 Å². The lowest BCUT2D eigenvalue weighted by atomic mass is 10.1. The average Bonchev–Trinajstić information content (AvgIpc) is 2.68. The van der Waals surface area contributed by atoms with Gasteiger partial charge in [0, 0.05) is 38.3 Å². The van der Waals surface area contributed by atoms with Crippen LogP contribution in [-0.4, -0.2) is 55.6 Å². The number of benzene rings is 2. The molecule has 3 rings (SSSR count). The van der Waals surface area contributed by atoms with Gasteiger partial charge < -0.3 is 14.4 Å². The van der Waals surface area contributed by atoms with Crippen LogP contribution in [0.4, 0.5) is 13.2 Å². The van der Waals surface area contributed by atoms with E-state index in [-0.39, 0.29) is 17.4 Å². The minimum Gasteiger partial charge on any atom is -0.494 e. The molecule has 1 saturated heterocycles. The number of alkyl halides is 2. The highest BCUT2D eigenvalue weighted by Gasteiger charge is 2.23. The molecule has 0 N–H and O–H groups in total. The summed E-state index contributed by atoms with van der Waals surface area (Å²) in [5, 5.41) is 0. The second kappa shape index (κ2) is 8.97. The lowest BCUT2D eigenvalue weighted by Crippen LogP contribution is -2.48. The van der Waals surface area contributed by atoms with Gasteiger partial charge in [-0.25, -0.2) is 4.39 Å². The van der Waals surface area contributed by atoms with Crippen molar-refractivity contribution < 1.29 is 27.4 Å². The van der Waals surface area contributed by atoms with Gasteiger partial charge in [0.15, 0.2) is 11.6 Å². The molecule has 0 saturated carbocycles. The molecular formula is C20H21F3N2O3. The van der Waals surface area contributed by atoms with E-state index in [2.05, 4.69) is 9.64 Å². The van der Waals surface area contributed by atoms with Crippen molar-refractivity contribution in [2.45, 2.75) is 13.2 Å². The first-order chi connectivity index (χ1) is 13.5. The molecule has 0 atom stereocenters. The van der Waals surface area contributed by atoms with Crippen molar-refractivity contribution in [1.82, 2.24) is 9.80 Å². The smallest absolute Gasteiger partial charge is 0.387 e. The third-order valence-electron chi connectivity index (χ3n) is 4.59. The van der Waals surface area contributed by atoms with Crippen LogP contribution in [0.5, 0.6) is 11.5 Å². The maximum atomic E-state index is 13.8. The summed E-state index contributed by atoms with van der Waals surface area (Å²) in [6.45, 7) is -0.106. The lowest BCUT2D eigenvalue weighted by molar-refractivity contribution is -0.0499. The molecule has 2 aromatic rings. The van der Waals surface area contributed by atoms with E-state index in [1.165, 1.54) is 31.4 Å². The maximum Gasteiger partial charge on any atom is 0.387 e. The molecule has 0 radical (unpaired) electrons. The Morgan fingerprint density at radius 2 is 1.86 bits per heavy atom. The molecule has 2 aromatic carbocycles. The van der Waals surface area contributed by atoms with E-state index in [9.17, 15) is 18.0 Å². The fourth-order valence-electron chi connectivity index (χ4n) is 3.16. The van der Waals surface area contributed by atoms with E-state index < -0.39 is 12.4 Å². The highest BCUT2D eigenvalue weighted by Crippen LogP contribution is 2.20. The normalized spacial score (nSPS) is 15.0. The summed E-state index contributed by atoms with van der Waals surface area (Å²) in [6.07, 6.45) is 0. The zero-order valence-corrected chi connectivity index (χ0v) is 15.4. The number of methoxy groups -OCH3 is 1. The predicted molar refractivity (Wildman–Crippen MR) is 97.2 cm³/mol. The molecular weight excluding hydrogens is 373 g/mol. The van der Waals surface area contributed by atoms with Gasteiger partial charge >= 0.3 is 6.61 Å². The number of amides is 1. The summed E-state index contributed by atoms with van der Waals surface area (Å²) < 4.78 is 47.8. The molecule has 1 aliphatic heterocycles. The van der Waals surface area contributed by atoms with Crippen molar-refractivity contribution >= 4 is 5.91 Å². The largest absolute Gasteiger partial charge is 0.494 e. The minimum absolute atomic E-state index is 0.0407. The van der Waals surface area contributed by atoms with E-state index in [0.29, 0.717) is 38.3 Å². The number of ether oxygens (including phenoxy) is 2. The van der Waals surface area contributed by atoms with Crippen molar-refractivity contribution in [2.75, 3.05) is 33.3 Å². The number of piperazine rings is 1. The first-order valence-electron chi connectivity index (χ1n) is 8.85. The third kappa shape index (κ3) is 4.95. The van der Waals surface area contributed by atoms with Crippen LogP contribution in [0, 0.1) is 5.82 Å². The van der Waals surface area contributed by atoms with E-state index in [1.807, 2.05) is 6.07 Å². The van der Waals surface area contributed by atoms with Crippen molar-refractivity contribution in [2.24, 2.45) is 0 Å². The van der Waals surface area contributed by atoms with Crippen LogP contribution in [0.3, 0.4) is 0 Å². The standard InChI is InChI=1S/C20H21F3N2O3/c1-27-18-6-5-14(11-17(18)21)13-24-7-9-25(10-8-24)19(26)15-3-2-4-16(12-15)28-20(22)23/h2-6,11-12,20H,7-10,13H2,1H3. The quantitative estimate of drug-likeness (QED) is 0.753. The van der Waals surface area contributed by atoms with Crippen molar-refractivity contribution in [3.8, 4) is 11.5 Å². The van der Waals surface area contributed by atoms with Gasteiger partial charge in [0.05, 0.1) is 7.11 Å². The first kappa shape index (κ1) is 20.0. The molecule has 0 bridgehead atoms. The van der Waals surface area contributed by atoms with Crippen LogP contribution in [0.25, 0.3) is 0 Å². The van der Waals surface area contributed by atoms with Gasteiger partial charge in [-0.2, -0.15) is 8.78 Å². The predicted octanol–water partition coefficient (Wildman–Crippen LogP) is 3.39. The Morgan fingerprint density at radius 3 is 2.50 bits per heavy atom. The van der Waals surface area contributed by atoms with Crippen LogP contribution in [0.1, 0.15) is 15.9 Å². The molecule has 1 heterocycles. The summed E-state index contributed by atoms with van der Waals surface area (Å²) >= 11 is 0. The fourth-order valence-corrected chi connectivity index (χ4v) is 3.16. The number of hydrogen-bond donors (Lipinski definition) is 0. The molecule has 8 heteroatoms. The maximum absolute atomic E-state index is 13.8. The molecule has 1 amide bonds. The van der Waals surface area contributed by atoms with Gasteiger partial charge in [0.2, 0.25) is 0 Å². The minimum atomic E-state index is -2.93. The zero-order valence-electron chi connectivity index (χ0n) is 15.4. The number of carbonyl (C=O) groups excluding carboxylic acids is 1. The molecule has 1 aliphatic rings. The van der Waals surface area contributed by atoms with Crippen LogP contribution >= 0.6 is 0 Å². The number of rotatable bonds is 6. The molecule has 150 valence electrons. The third-order valence-corrected chi connectivity index (χ3v) is 4.59. The monoisotopic (exact) mass is 394 g/mol. The summed E-state index contributed by atoms with van der Waals surface area (Å²) in [4.78, 5) is 16.4. The summed E-state index contributed by atoms with van der Waals surface area (Å²) in [5.74, 6) is -0.465. The van der Waals surface area contributed by atoms with Gasteiger partial charge in [-0.3, -0.25) is 9.69 Å². The number of halogens is 3. The van der Waals surface area contributed by atoms with Crippen molar-refractivity contribution in [3.05, 3.63) is 59.4 Å². The van der Waals surface area contributed by atoms with Gasteiger partial charge in [-0.05, 0) is 35.9 Å². The van der Waals surface area contributed by atoms with E-state index in [0.717, 1.165) is 5.56 Å². The molecule has 0 unspecified atom stereocenters. The molecule has 1 fully saturated rings. The highest BCUT2D eigenvalue weighted by atomic mass is 19.3. The zero-order chi connectivity index (χ0) is 20.1. The molecule has 28 heavy (non-hydrogen) atoms. The van der Waals surface area contributed by atoms with Crippen LogP contribution in [0.15, 0.2) is 42.5 Å². The summed E-state index contributed by atoms with van der Waals surface area (Å²) in [5.41, 5.74) is 1.14. The Hall–Kier alpha value is -2.74. The van der Waals surface area contributed by atoms with E-state index in [1.54, 1.807) is 17.0 Å². The second-order valence-electron chi connectivity index (χ2n) is 6.44. The number of hydrogen-bond acceptors (Lipinski definition) is 4. The van der Waals surface area contributed by atoms with Gasteiger partial charge in [0.25, 0.3) is 5.91 Å². The second-order valence-corrected chi connectivity index (χ2v) is 6.44. The fraction of sp³-hybridized carbons (Fsp3) is 0.350. The molecule has 0 aromatic heterocycles. The Bertz CT molecular complexity index is 824. The molecule has 5 nitrogen and oxygen atoms in total. The summed E-state index contributed by atoms with van der Waals surface area (Å²) in [7, 11) is 1.42. The Morgan fingerprint density at radius 1 is 1.11 bits per heavy atom. The summed E-state index contributed by atoms with van der Waals surface area (Å²) in [6, 6.07) is 10.7. The highest BCUT2D eigenvalue weighted by molar-refractivity contribution is 5.94. The molecule has 0 aliphatic carbocycles. The van der Waals surface area contributed by atoms with Gasteiger partial charge in [-0.15, -0.1) is 0 Å². The Balaban J connectivity index is 1.56.